The lowest BCUT2D eigenvalue weighted by Gasteiger charge is -2.37. The van der Waals surface area contributed by atoms with E-state index in [0.29, 0.717) is 45.0 Å². The highest BCUT2D eigenvalue weighted by atomic mass is 16.5. The predicted octanol–water partition coefficient (Wildman–Crippen LogP) is 4.41. The molecule has 29 heavy (non-hydrogen) atoms. The van der Waals surface area contributed by atoms with Gasteiger partial charge in [0, 0.05) is 13.2 Å². The summed E-state index contributed by atoms with van der Waals surface area (Å²) in [7, 11) is 0. The van der Waals surface area contributed by atoms with Gasteiger partial charge in [0.05, 0.1) is 24.7 Å². The van der Waals surface area contributed by atoms with Gasteiger partial charge in [-0.15, -0.1) is 0 Å². The van der Waals surface area contributed by atoms with Crippen LogP contribution in [-0.4, -0.2) is 32.3 Å². The van der Waals surface area contributed by atoms with Gasteiger partial charge in [0.15, 0.2) is 11.5 Å². The van der Waals surface area contributed by atoms with Crippen molar-refractivity contribution in [3.05, 3.63) is 59.7 Å². The second-order valence-electron chi connectivity index (χ2n) is 7.33. The number of hydrogen-bond donors (Lipinski definition) is 1. The zero-order chi connectivity index (χ0) is 20.7. The topological polar surface area (TPSA) is 56.8 Å². The van der Waals surface area contributed by atoms with Crippen LogP contribution in [0.3, 0.4) is 0 Å². The summed E-state index contributed by atoms with van der Waals surface area (Å²) in [5.41, 5.74) is 1.48. The Morgan fingerprint density at radius 3 is 2.34 bits per heavy atom. The molecule has 1 heterocycles. The van der Waals surface area contributed by atoms with E-state index in [1.54, 1.807) is 0 Å². The Hall–Kier alpha value is -2.53. The van der Waals surface area contributed by atoms with Crippen LogP contribution in [0.2, 0.25) is 0 Å². The quantitative estimate of drug-likeness (QED) is 0.717. The van der Waals surface area contributed by atoms with Gasteiger partial charge >= 0.3 is 0 Å². The first-order valence-electron chi connectivity index (χ1n) is 10.4. The van der Waals surface area contributed by atoms with E-state index in [1.807, 2.05) is 69.3 Å². The van der Waals surface area contributed by atoms with Crippen molar-refractivity contribution in [2.75, 3.05) is 26.4 Å². The van der Waals surface area contributed by atoms with Gasteiger partial charge in [-0.25, -0.2) is 0 Å². The summed E-state index contributed by atoms with van der Waals surface area (Å²) in [5.74, 6) is 1.48. The molecule has 2 aromatic rings. The SMILES string of the molecule is CCOc1ccc([C@H](C)NC(=O)C2(c3ccccc3)CCOCC2)cc1OCC. The van der Waals surface area contributed by atoms with Crippen molar-refractivity contribution >= 4 is 5.91 Å². The van der Waals surface area contributed by atoms with Crippen LogP contribution < -0.4 is 14.8 Å². The summed E-state index contributed by atoms with van der Waals surface area (Å²) in [5, 5.41) is 3.24. The van der Waals surface area contributed by atoms with Crippen molar-refractivity contribution in [3.63, 3.8) is 0 Å². The fourth-order valence-electron chi connectivity index (χ4n) is 3.88. The lowest BCUT2D eigenvalue weighted by molar-refractivity contribution is -0.131. The summed E-state index contributed by atoms with van der Waals surface area (Å²) in [6.45, 7) is 8.21. The lowest BCUT2D eigenvalue weighted by Crippen LogP contribution is -2.48. The van der Waals surface area contributed by atoms with E-state index in [9.17, 15) is 4.79 Å². The van der Waals surface area contributed by atoms with Crippen LogP contribution in [0.4, 0.5) is 0 Å². The molecule has 2 aromatic carbocycles. The summed E-state index contributed by atoms with van der Waals surface area (Å²) in [4.78, 5) is 13.5. The minimum Gasteiger partial charge on any atom is -0.490 e. The van der Waals surface area contributed by atoms with Gasteiger partial charge in [0.2, 0.25) is 5.91 Å². The molecule has 1 atom stereocenters. The molecule has 1 N–H and O–H groups in total. The maximum atomic E-state index is 13.5. The molecule has 0 aliphatic carbocycles. The molecular weight excluding hydrogens is 366 g/mol. The Morgan fingerprint density at radius 2 is 1.69 bits per heavy atom. The maximum Gasteiger partial charge on any atom is 0.231 e. The molecule has 5 nitrogen and oxygen atoms in total. The molecule has 1 amide bonds. The summed E-state index contributed by atoms with van der Waals surface area (Å²) >= 11 is 0. The minimum atomic E-state index is -0.554. The summed E-state index contributed by atoms with van der Waals surface area (Å²) < 4.78 is 16.9. The molecule has 3 rings (SSSR count). The number of benzene rings is 2. The highest BCUT2D eigenvalue weighted by Gasteiger charge is 2.42. The highest BCUT2D eigenvalue weighted by Crippen LogP contribution is 2.36. The number of carbonyl (C=O) groups excluding carboxylic acids is 1. The molecule has 1 fully saturated rings. The fourth-order valence-corrected chi connectivity index (χ4v) is 3.88. The molecule has 0 saturated carbocycles. The first-order valence-corrected chi connectivity index (χ1v) is 10.4. The van der Waals surface area contributed by atoms with Gasteiger partial charge in [0.25, 0.3) is 0 Å². The van der Waals surface area contributed by atoms with Crippen molar-refractivity contribution in [2.45, 2.75) is 45.1 Å². The number of nitrogens with one attached hydrogen (secondary N) is 1. The van der Waals surface area contributed by atoms with E-state index in [1.165, 1.54) is 0 Å². The molecular formula is C24H31NO4. The first kappa shape index (κ1) is 21.2. The predicted molar refractivity (Wildman–Crippen MR) is 114 cm³/mol. The number of rotatable bonds is 8. The van der Waals surface area contributed by atoms with Gasteiger partial charge in [0.1, 0.15) is 0 Å². The molecule has 1 aliphatic heterocycles. The first-order chi connectivity index (χ1) is 14.1. The number of ether oxygens (including phenoxy) is 3. The van der Waals surface area contributed by atoms with Crippen LogP contribution >= 0.6 is 0 Å². The van der Waals surface area contributed by atoms with Crippen LogP contribution in [0.15, 0.2) is 48.5 Å². The van der Waals surface area contributed by atoms with Gasteiger partial charge in [-0.1, -0.05) is 36.4 Å². The van der Waals surface area contributed by atoms with Crippen LogP contribution in [-0.2, 0) is 14.9 Å². The Kier molecular flexibility index (Phi) is 7.15. The van der Waals surface area contributed by atoms with Crippen LogP contribution in [0, 0.1) is 0 Å². The Balaban J connectivity index is 1.82. The van der Waals surface area contributed by atoms with Crippen molar-refractivity contribution in [2.24, 2.45) is 0 Å². The third kappa shape index (κ3) is 4.73. The van der Waals surface area contributed by atoms with Crippen LogP contribution in [0.5, 0.6) is 11.5 Å². The van der Waals surface area contributed by atoms with Crippen molar-refractivity contribution in [1.82, 2.24) is 5.32 Å². The van der Waals surface area contributed by atoms with Gasteiger partial charge < -0.3 is 19.5 Å². The van der Waals surface area contributed by atoms with Crippen molar-refractivity contribution in [1.29, 1.82) is 0 Å². The standard InChI is InChI=1S/C24H31NO4/c1-4-28-21-12-11-19(17-22(21)29-5-2)18(3)25-23(26)24(13-15-27-16-14-24)20-9-7-6-8-10-20/h6-12,17-18H,4-5,13-16H2,1-3H3,(H,25,26)/t18-/m0/s1. The van der Waals surface area contributed by atoms with Crippen molar-refractivity contribution < 1.29 is 19.0 Å². The fraction of sp³-hybridized carbons (Fsp3) is 0.458. The second-order valence-corrected chi connectivity index (χ2v) is 7.33. The summed E-state index contributed by atoms with van der Waals surface area (Å²) in [6, 6.07) is 15.7. The Labute approximate surface area is 173 Å². The second kappa shape index (κ2) is 9.79. The molecule has 5 heteroatoms. The van der Waals surface area contributed by atoms with Crippen LogP contribution in [0.1, 0.15) is 50.8 Å². The summed E-state index contributed by atoms with van der Waals surface area (Å²) in [6.07, 6.45) is 1.37. The van der Waals surface area contributed by atoms with E-state index in [2.05, 4.69) is 5.32 Å². The minimum absolute atomic E-state index is 0.0475. The molecule has 0 radical (unpaired) electrons. The van der Waals surface area contributed by atoms with E-state index in [0.717, 1.165) is 16.9 Å². The third-order valence-corrected chi connectivity index (χ3v) is 5.52. The normalized spacial score (nSPS) is 16.7. The Bertz CT molecular complexity index is 800. The molecule has 0 unspecified atom stereocenters. The molecule has 0 spiro atoms. The Morgan fingerprint density at radius 1 is 1.03 bits per heavy atom. The molecule has 1 saturated heterocycles. The third-order valence-electron chi connectivity index (χ3n) is 5.52. The molecule has 156 valence electrons. The van der Waals surface area contributed by atoms with E-state index >= 15 is 0 Å². The molecule has 0 aromatic heterocycles. The van der Waals surface area contributed by atoms with Gasteiger partial charge in [-0.3, -0.25) is 4.79 Å². The average molecular weight is 398 g/mol. The maximum absolute atomic E-state index is 13.5. The highest BCUT2D eigenvalue weighted by molar-refractivity contribution is 5.88. The van der Waals surface area contributed by atoms with Crippen molar-refractivity contribution in [3.8, 4) is 11.5 Å². The molecule has 0 bridgehead atoms. The smallest absolute Gasteiger partial charge is 0.231 e. The number of carbonyl (C=O) groups is 1. The zero-order valence-electron chi connectivity index (χ0n) is 17.6. The average Bonchev–Trinajstić information content (AvgIpc) is 2.76. The van der Waals surface area contributed by atoms with E-state index in [4.69, 9.17) is 14.2 Å². The van der Waals surface area contributed by atoms with Crippen LogP contribution in [0.25, 0.3) is 0 Å². The zero-order valence-corrected chi connectivity index (χ0v) is 17.6. The number of hydrogen-bond acceptors (Lipinski definition) is 4. The largest absolute Gasteiger partial charge is 0.490 e. The van der Waals surface area contributed by atoms with E-state index in [-0.39, 0.29) is 11.9 Å². The molecule has 1 aliphatic rings. The lowest BCUT2D eigenvalue weighted by atomic mass is 9.73. The van der Waals surface area contributed by atoms with Gasteiger partial charge in [-0.2, -0.15) is 0 Å². The number of amides is 1. The van der Waals surface area contributed by atoms with E-state index < -0.39 is 5.41 Å². The monoisotopic (exact) mass is 397 g/mol. The van der Waals surface area contributed by atoms with Gasteiger partial charge in [-0.05, 0) is 56.9 Å².